The van der Waals surface area contributed by atoms with Gasteiger partial charge in [0.15, 0.2) is 0 Å². The maximum atomic E-state index is 12.7. The molecule has 1 saturated heterocycles. The average molecular weight is 393 g/mol. The highest BCUT2D eigenvalue weighted by atomic mass is 16.3. The summed E-state index contributed by atoms with van der Waals surface area (Å²) in [4.78, 5) is 19.0. The molecule has 0 unspecified atom stereocenters. The summed E-state index contributed by atoms with van der Waals surface area (Å²) in [5.74, 6) is 2.55. The largest absolute Gasteiger partial charge is 0.395 e. The van der Waals surface area contributed by atoms with Crippen molar-refractivity contribution in [1.82, 2.24) is 29.5 Å². The Balaban J connectivity index is 1.49. The molecule has 28 heavy (non-hydrogen) atoms. The van der Waals surface area contributed by atoms with E-state index >= 15 is 0 Å². The van der Waals surface area contributed by atoms with E-state index in [1.165, 1.54) is 25.7 Å². The summed E-state index contributed by atoms with van der Waals surface area (Å²) in [6, 6.07) is 0.586. The Kier molecular flexibility index (Phi) is 7.42. The molecule has 1 N–H and O–H groups in total. The number of amides is 1. The second-order valence-electron chi connectivity index (χ2n) is 8.50. The molecule has 1 aliphatic heterocycles. The van der Waals surface area contributed by atoms with Crippen molar-refractivity contribution in [1.29, 1.82) is 0 Å². The van der Waals surface area contributed by atoms with Gasteiger partial charge in [0.25, 0.3) is 0 Å². The first kappa shape index (κ1) is 21.2. The van der Waals surface area contributed by atoms with Crippen LogP contribution < -0.4 is 0 Å². The van der Waals surface area contributed by atoms with E-state index in [2.05, 4.69) is 26.7 Å². The number of likely N-dealkylation sites (N-methyl/N-ethyl adjacent to an activating group) is 2. The summed E-state index contributed by atoms with van der Waals surface area (Å²) in [6.07, 6.45) is 6.94. The summed E-state index contributed by atoms with van der Waals surface area (Å²) in [5.41, 5.74) is 0. The third-order valence-corrected chi connectivity index (χ3v) is 6.44. The minimum Gasteiger partial charge on any atom is -0.395 e. The van der Waals surface area contributed by atoms with Gasteiger partial charge in [0.2, 0.25) is 5.91 Å². The molecule has 2 aliphatic rings. The Hall–Kier alpha value is -1.51. The number of piperidine rings is 1. The predicted molar refractivity (Wildman–Crippen MR) is 108 cm³/mol. The quantitative estimate of drug-likeness (QED) is 0.706. The molecule has 1 aliphatic carbocycles. The molecule has 0 radical (unpaired) electrons. The van der Waals surface area contributed by atoms with Gasteiger partial charge in [-0.25, -0.2) is 0 Å². The van der Waals surface area contributed by atoms with Gasteiger partial charge in [-0.3, -0.25) is 14.6 Å². The van der Waals surface area contributed by atoms with E-state index in [4.69, 9.17) is 5.11 Å². The van der Waals surface area contributed by atoms with Crippen molar-refractivity contribution in [2.45, 2.75) is 57.0 Å². The smallest absolute Gasteiger partial charge is 0.236 e. The van der Waals surface area contributed by atoms with E-state index in [-0.39, 0.29) is 12.5 Å². The summed E-state index contributed by atoms with van der Waals surface area (Å²) >= 11 is 0. The number of carbonyl (C=O) groups excluding carboxylic acids is 1. The Labute approximate surface area is 168 Å². The second-order valence-corrected chi connectivity index (χ2v) is 8.50. The van der Waals surface area contributed by atoms with E-state index in [0.29, 0.717) is 31.6 Å². The van der Waals surface area contributed by atoms with Crippen LogP contribution in [0.25, 0.3) is 0 Å². The van der Waals surface area contributed by atoms with Gasteiger partial charge < -0.3 is 14.6 Å². The van der Waals surface area contributed by atoms with Crippen molar-refractivity contribution in [3.8, 4) is 0 Å². The van der Waals surface area contributed by atoms with Crippen LogP contribution in [-0.4, -0.2) is 93.4 Å². The monoisotopic (exact) mass is 392 g/mol. The lowest BCUT2D eigenvalue weighted by molar-refractivity contribution is -0.133. The lowest BCUT2D eigenvalue weighted by atomic mass is 9.96. The van der Waals surface area contributed by atoms with Gasteiger partial charge in [-0.15, -0.1) is 10.2 Å². The van der Waals surface area contributed by atoms with Crippen LogP contribution in [0.1, 0.15) is 56.1 Å². The first-order valence-electron chi connectivity index (χ1n) is 10.6. The van der Waals surface area contributed by atoms with Crippen molar-refractivity contribution < 1.29 is 9.90 Å². The maximum absolute atomic E-state index is 12.7. The van der Waals surface area contributed by atoms with Gasteiger partial charge in [0, 0.05) is 38.6 Å². The van der Waals surface area contributed by atoms with Crippen LogP contribution in [0.15, 0.2) is 0 Å². The fourth-order valence-corrected chi connectivity index (χ4v) is 4.53. The molecule has 1 amide bonds. The van der Waals surface area contributed by atoms with Gasteiger partial charge >= 0.3 is 0 Å². The predicted octanol–water partition coefficient (Wildman–Crippen LogP) is 0.820. The number of aromatic nitrogens is 3. The normalized spacial score (nSPS) is 19.3. The molecule has 1 aromatic rings. The zero-order chi connectivity index (χ0) is 20.1. The number of likely N-dealkylation sites (tertiary alicyclic amines) is 1. The van der Waals surface area contributed by atoms with Crippen LogP contribution in [-0.2, 0) is 18.4 Å². The molecular weight excluding hydrogens is 356 g/mol. The number of hydrogen-bond donors (Lipinski definition) is 1. The number of rotatable bonds is 8. The number of hydrogen-bond acceptors (Lipinski definition) is 6. The van der Waals surface area contributed by atoms with E-state index in [0.717, 1.165) is 37.6 Å². The first-order valence-corrected chi connectivity index (χ1v) is 10.6. The van der Waals surface area contributed by atoms with E-state index in [1.807, 2.05) is 23.9 Å². The van der Waals surface area contributed by atoms with Crippen molar-refractivity contribution >= 4 is 5.91 Å². The molecule has 2 heterocycles. The molecule has 158 valence electrons. The highest BCUT2D eigenvalue weighted by molar-refractivity contribution is 5.78. The summed E-state index contributed by atoms with van der Waals surface area (Å²) in [6.45, 7) is 3.58. The van der Waals surface area contributed by atoms with Crippen LogP contribution in [0.3, 0.4) is 0 Å². The topological polar surface area (TPSA) is 77.7 Å². The highest BCUT2D eigenvalue weighted by Gasteiger charge is 2.29. The van der Waals surface area contributed by atoms with Crippen LogP contribution in [0.4, 0.5) is 0 Å². The SMILES string of the molecule is CN(CCO)Cc1nnc(C2CCN(C(=O)CN(C)C3CCCC3)CC2)n1C. The molecule has 1 aromatic heterocycles. The third kappa shape index (κ3) is 5.10. The van der Waals surface area contributed by atoms with Crippen LogP contribution in [0.5, 0.6) is 0 Å². The van der Waals surface area contributed by atoms with Gasteiger partial charge in [0.05, 0.1) is 19.7 Å². The molecule has 1 saturated carbocycles. The van der Waals surface area contributed by atoms with Gasteiger partial charge in [0.1, 0.15) is 11.6 Å². The van der Waals surface area contributed by atoms with Gasteiger partial charge in [-0.05, 0) is 39.8 Å². The minimum atomic E-state index is 0.142. The van der Waals surface area contributed by atoms with Gasteiger partial charge in [-0.1, -0.05) is 12.8 Å². The van der Waals surface area contributed by atoms with E-state index < -0.39 is 0 Å². The first-order chi connectivity index (χ1) is 13.5. The molecule has 0 aromatic carbocycles. The lowest BCUT2D eigenvalue weighted by Gasteiger charge is -2.33. The van der Waals surface area contributed by atoms with Crippen molar-refractivity contribution in [3.63, 3.8) is 0 Å². The summed E-state index contributed by atoms with van der Waals surface area (Å²) in [5, 5.41) is 17.8. The maximum Gasteiger partial charge on any atom is 0.236 e. The molecule has 0 atom stereocenters. The third-order valence-electron chi connectivity index (χ3n) is 6.44. The van der Waals surface area contributed by atoms with Crippen molar-refractivity contribution in [2.75, 3.05) is 46.9 Å². The summed E-state index contributed by atoms with van der Waals surface area (Å²) in [7, 11) is 6.08. The zero-order valence-electron chi connectivity index (χ0n) is 17.7. The molecule has 8 nitrogen and oxygen atoms in total. The van der Waals surface area contributed by atoms with Crippen LogP contribution >= 0.6 is 0 Å². The van der Waals surface area contributed by atoms with Crippen molar-refractivity contribution in [2.24, 2.45) is 7.05 Å². The van der Waals surface area contributed by atoms with Crippen LogP contribution in [0, 0.1) is 0 Å². The number of nitrogens with zero attached hydrogens (tertiary/aromatic N) is 6. The minimum absolute atomic E-state index is 0.142. The zero-order valence-corrected chi connectivity index (χ0v) is 17.7. The average Bonchev–Trinajstić information content (AvgIpc) is 3.33. The Bertz CT molecular complexity index is 635. The number of aliphatic hydroxyl groups excluding tert-OH is 1. The molecule has 3 rings (SSSR count). The molecule has 2 fully saturated rings. The lowest BCUT2D eigenvalue weighted by Crippen LogP contribution is -2.45. The molecule has 8 heteroatoms. The van der Waals surface area contributed by atoms with Gasteiger partial charge in [-0.2, -0.15) is 0 Å². The molecule has 0 spiro atoms. The standard InChI is InChI=1S/C20H36N6O2/c1-23(12-13-27)14-18-21-22-20(25(18)3)16-8-10-26(11-9-16)19(28)15-24(2)17-6-4-5-7-17/h16-17,27H,4-15H2,1-3H3. The fraction of sp³-hybridized carbons (Fsp3) is 0.850. The number of carbonyl (C=O) groups is 1. The molecule has 0 bridgehead atoms. The van der Waals surface area contributed by atoms with E-state index in [1.54, 1.807) is 0 Å². The highest BCUT2D eigenvalue weighted by Crippen LogP contribution is 2.27. The fourth-order valence-electron chi connectivity index (χ4n) is 4.53. The number of aliphatic hydroxyl groups is 1. The summed E-state index contributed by atoms with van der Waals surface area (Å²) < 4.78 is 2.09. The second kappa shape index (κ2) is 9.80. The Morgan fingerprint density at radius 2 is 1.82 bits per heavy atom. The van der Waals surface area contributed by atoms with E-state index in [9.17, 15) is 4.79 Å². The van der Waals surface area contributed by atoms with Crippen molar-refractivity contribution in [3.05, 3.63) is 11.6 Å². The van der Waals surface area contributed by atoms with Crippen LogP contribution in [0.2, 0.25) is 0 Å². The Morgan fingerprint density at radius 3 is 2.46 bits per heavy atom. The molecular formula is C20H36N6O2. The Morgan fingerprint density at radius 1 is 1.14 bits per heavy atom.